The third-order valence-corrected chi connectivity index (χ3v) is 4.97. The minimum atomic E-state index is -0.0211. The Morgan fingerprint density at radius 2 is 1.88 bits per heavy atom. The minimum absolute atomic E-state index is 0.0211. The number of benzene rings is 2. The first-order valence-corrected chi connectivity index (χ1v) is 8.88. The largest absolute Gasteiger partial charge is 0.486 e. The third-order valence-electron chi connectivity index (χ3n) is 4.97. The normalized spacial score (nSPS) is 16.6. The molecule has 2 aromatic rings. The molecule has 0 bridgehead atoms. The summed E-state index contributed by atoms with van der Waals surface area (Å²) < 4.78 is 6.03. The maximum absolute atomic E-state index is 12.4. The fourth-order valence-corrected chi connectivity index (χ4v) is 2.97. The number of ether oxygens (including phenoxy) is 1. The molecule has 1 aliphatic rings. The van der Waals surface area contributed by atoms with Gasteiger partial charge in [0.25, 0.3) is 0 Å². The first kappa shape index (κ1) is 17.5. The molecule has 2 aromatic carbocycles. The Morgan fingerprint density at radius 3 is 2.48 bits per heavy atom. The van der Waals surface area contributed by atoms with Crippen molar-refractivity contribution < 1.29 is 9.53 Å². The van der Waals surface area contributed by atoms with Crippen LogP contribution in [-0.2, 0) is 4.79 Å². The molecule has 2 atom stereocenters. The van der Waals surface area contributed by atoms with E-state index in [1.165, 1.54) is 0 Å². The Bertz CT molecular complexity index is 726. The molecule has 1 heterocycles. The van der Waals surface area contributed by atoms with Gasteiger partial charge in [-0.3, -0.25) is 4.79 Å². The van der Waals surface area contributed by atoms with E-state index in [4.69, 9.17) is 4.74 Å². The minimum Gasteiger partial charge on any atom is -0.486 e. The van der Waals surface area contributed by atoms with Crippen molar-refractivity contribution >= 4 is 11.6 Å². The van der Waals surface area contributed by atoms with E-state index in [-0.39, 0.29) is 17.9 Å². The number of anilines is 1. The molecule has 0 aromatic heterocycles. The van der Waals surface area contributed by atoms with Crippen molar-refractivity contribution in [3.8, 4) is 5.75 Å². The number of amides is 1. The van der Waals surface area contributed by atoms with Gasteiger partial charge < -0.3 is 15.4 Å². The summed E-state index contributed by atoms with van der Waals surface area (Å²) in [6, 6.07) is 16.0. The van der Waals surface area contributed by atoms with Crippen molar-refractivity contribution in [1.29, 1.82) is 0 Å². The predicted octanol–water partition coefficient (Wildman–Crippen LogP) is 3.93. The van der Waals surface area contributed by atoms with E-state index in [2.05, 4.69) is 22.8 Å². The molecule has 2 N–H and O–H groups in total. The Labute approximate surface area is 149 Å². The van der Waals surface area contributed by atoms with Crippen molar-refractivity contribution in [2.24, 2.45) is 11.8 Å². The van der Waals surface area contributed by atoms with Gasteiger partial charge in [0.1, 0.15) is 11.9 Å². The van der Waals surface area contributed by atoms with Crippen molar-refractivity contribution in [3.05, 3.63) is 59.7 Å². The fraction of sp³-hybridized carbons (Fsp3) is 0.381. The van der Waals surface area contributed by atoms with Crippen LogP contribution >= 0.6 is 0 Å². The molecule has 0 saturated carbocycles. The number of carbonyl (C=O) groups is 1. The van der Waals surface area contributed by atoms with Gasteiger partial charge in [-0.25, -0.2) is 0 Å². The van der Waals surface area contributed by atoms with E-state index in [1.807, 2.05) is 57.2 Å². The summed E-state index contributed by atoms with van der Waals surface area (Å²) in [5.74, 6) is 1.35. The topological polar surface area (TPSA) is 50.4 Å². The number of hydrogen-bond donors (Lipinski definition) is 2. The van der Waals surface area contributed by atoms with Crippen LogP contribution in [-0.4, -0.2) is 19.0 Å². The molecule has 2 unspecified atom stereocenters. The van der Waals surface area contributed by atoms with Gasteiger partial charge >= 0.3 is 0 Å². The molecule has 0 radical (unpaired) electrons. The van der Waals surface area contributed by atoms with Gasteiger partial charge in [-0.2, -0.15) is 0 Å². The van der Waals surface area contributed by atoms with E-state index in [0.717, 1.165) is 35.7 Å². The molecule has 4 heteroatoms. The van der Waals surface area contributed by atoms with Crippen LogP contribution < -0.4 is 15.4 Å². The van der Waals surface area contributed by atoms with Crippen LogP contribution in [0.5, 0.6) is 5.75 Å². The fourth-order valence-electron chi connectivity index (χ4n) is 2.97. The van der Waals surface area contributed by atoms with Gasteiger partial charge in [-0.05, 0) is 62.2 Å². The zero-order valence-corrected chi connectivity index (χ0v) is 15.1. The number of carbonyl (C=O) groups excluding carboxylic acids is 1. The lowest BCUT2D eigenvalue weighted by Crippen LogP contribution is -2.48. The van der Waals surface area contributed by atoms with Crippen molar-refractivity contribution in [2.45, 2.75) is 26.9 Å². The second-order valence-corrected chi connectivity index (χ2v) is 6.84. The second kappa shape index (κ2) is 7.70. The third kappa shape index (κ3) is 4.20. The smallest absolute Gasteiger partial charge is 0.227 e. The van der Waals surface area contributed by atoms with Crippen molar-refractivity contribution in [1.82, 2.24) is 5.32 Å². The number of aryl methyl sites for hydroxylation is 1. The highest BCUT2D eigenvalue weighted by Crippen LogP contribution is 2.27. The van der Waals surface area contributed by atoms with Gasteiger partial charge in [-0.15, -0.1) is 0 Å². The molecule has 3 rings (SSSR count). The first-order chi connectivity index (χ1) is 12.0. The molecule has 1 aliphatic heterocycles. The Balaban J connectivity index is 1.63. The lowest BCUT2D eigenvalue weighted by atomic mass is 9.88. The van der Waals surface area contributed by atoms with Crippen LogP contribution in [0.25, 0.3) is 0 Å². The van der Waals surface area contributed by atoms with E-state index in [0.29, 0.717) is 5.92 Å². The van der Waals surface area contributed by atoms with Gasteiger partial charge in [0.05, 0.1) is 0 Å². The molecular weight excluding hydrogens is 312 g/mol. The van der Waals surface area contributed by atoms with Crippen LogP contribution in [0.1, 0.15) is 31.1 Å². The molecule has 25 heavy (non-hydrogen) atoms. The molecule has 1 amide bonds. The standard InChI is InChI=1S/C21H26N2O2/c1-14-11-19(25-16(3)17-7-5-4-6-8-17)9-10-20(14)23-21(24)15(2)18-12-22-13-18/h4-11,15-16,18,22H,12-13H2,1-3H3,(H,23,24). The van der Waals surface area contributed by atoms with Crippen LogP contribution in [0, 0.1) is 18.8 Å². The van der Waals surface area contributed by atoms with Crippen molar-refractivity contribution in [2.75, 3.05) is 18.4 Å². The SMILES string of the molecule is Cc1cc(OC(C)c2ccccc2)ccc1NC(=O)C(C)C1CNC1. The molecule has 1 fully saturated rings. The number of hydrogen-bond acceptors (Lipinski definition) is 3. The van der Waals surface area contributed by atoms with E-state index < -0.39 is 0 Å². The lowest BCUT2D eigenvalue weighted by molar-refractivity contribution is -0.121. The van der Waals surface area contributed by atoms with Gasteiger partial charge in [0.15, 0.2) is 0 Å². The maximum atomic E-state index is 12.4. The van der Waals surface area contributed by atoms with E-state index in [1.54, 1.807) is 0 Å². The summed E-state index contributed by atoms with van der Waals surface area (Å²) in [4.78, 5) is 12.4. The number of rotatable bonds is 6. The van der Waals surface area contributed by atoms with E-state index in [9.17, 15) is 4.79 Å². The highest BCUT2D eigenvalue weighted by atomic mass is 16.5. The summed E-state index contributed by atoms with van der Waals surface area (Å²) in [6.07, 6.45) is -0.0211. The predicted molar refractivity (Wildman–Crippen MR) is 101 cm³/mol. The second-order valence-electron chi connectivity index (χ2n) is 6.84. The number of nitrogens with one attached hydrogen (secondary N) is 2. The molecule has 1 saturated heterocycles. The average Bonchev–Trinajstić information content (AvgIpc) is 2.56. The Kier molecular flexibility index (Phi) is 5.39. The molecule has 4 nitrogen and oxygen atoms in total. The van der Waals surface area contributed by atoms with Gasteiger partial charge in [-0.1, -0.05) is 37.3 Å². The first-order valence-electron chi connectivity index (χ1n) is 8.88. The Hall–Kier alpha value is -2.33. The zero-order chi connectivity index (χ0) is 17.8. The maximum Gasteiger partial charge on any atom is 0.227 e. The average molecular weight is 338 g/mol. The highest BCUT2D eigenvalue weighted by Gasteiger charge is 2.28. The lowest BCUT2D eigenvalue weighted by Gasteiger charge is -2.31. The van der Waals surface area contributed by atoms with Gasteiger partial charge in [0.2, 0.25) is 5.91 Å². The van der Waals surface area contributed by atoms with Crippen LogP contribution in [0.2, 0.25) is 0 Å². The monoisotopic (exact) mass is 338 g/mol. The Morgan fingerprint density at radius 1 is 1.16 bits per heavy atom. The highest BCUT2D eigenvalue weighted by molar-refractivity contribution is 5.93. The summed E-state index contributed by atoms with van der Waals surface area (Å²) in [7, 11) is 0. The summed E-state index contributed by atoms with van der Waals surface area (Å²) in [6.45, 7) is 7.88. The van der Waals surface area contributed by atoms with Crippen molar-refractivity contribution in [3.63, 3.8) is 0 Å². The summed E-state index contributed by atoms with van der Waals surface area (Å²) >= 11 is 0. The molecule has 132 valence electrons. The molecule has 0 aliphatic carbocycles. The quantitative estimate of drug-likeness (QED) is 0.839. The van der Waals surface area contributed by atoms with Gasteiger partial charge in [0, 0.05) is 11.6 Å². The molecular formula is C21H26N2O2. The summed E-state index contributed by atoms with van der Waals surface area (Å²) in [5.41, 5.74) is 2.99. The van der Waals surface area contributed by atoms with Crippen LogP contribution in [0.3, 0.4) is 0 Å². The zero-order valence-electron chi connectivity index (χ0n) is 15.1. The molecule has 0 spiro atoms. The summed E-state index contributed by atoms with van der Waals surface area (Å²) in [5, 5.41) is 6.26. The van der Waals surface area contributed by atoms with Crippen LogP contribution in [0.15, 0.2) is 48.5 Å². The van der Waals surface area contributed by atoms with Crippen LogP contribution in [0.4, 0.5) is 5.69 Å². The van der Waals surface area contributed by atoms with E-state index >= 15 is 0 Å².